The van der Waals surface area contributed by atoms with E-state index in [1.165, 1.54) is 13.8 Å². The summed E-state index contributed by atoms with van der Waals surface area (Å²) in [5.74, 6) is -1.35. The molecule has 0 bridgehead atoms. The van der Waals surface area contributed by atoms with Crippen molar-refractivity contribution < 1.29 is 14.7 Å². The van der Waals surface area contributed by atoms with Crippen LogP contribution in [0.4, 0.5) is 0 Å². The Kier molecular flexibility index (Phi) is 6.74. The van der Waals surface area contributed by atoms with Crippen LogP contribution in [-0.4, -0.2) is 23.0 Å². The third-order valence-electron chi connectivity index (χ3n) is 0.790. The Labute approximate surface area is 76.0 Å². The first-order valence-electron chi connectivity index (χ1n) is 2.54. The van der Waals surface area contributed by atoms with Crippen LogP contribution in [0.25, 0.3) is 0 Å². The molecule has 0 radical (unpaired) electrons. The zero-order valence-electron chi connectivity index (χ0n) is 5.75. The van der Waals surface area contributed by atoms with Gasteiger partial charge in [0, 0.05) is 6.92 Å². The second-order valence-corrected chi connectivity index (χ2v) is 1.76. The minimum atomic E-state index is -1.02. The van der Waals surface area contributed by atoms with E-state index in [2.05, 4.69) is 5.32 Å². The van der Waals surface area contributed by atoms with Gasteiger partial charge < -0.3 is 10.4 Å². The Morgan fingerprint density at radius 1 is 1.50 bits per heavy atom. The molecule has 1 unspecified atom stereocenters. The molecule has 0 fully saturated rings. The van der Waals surface area contributed by atoms with Gasteiger partial charge in [-0.3, -0.25) is 9.59 Å². The molecule has 0 aromatic rings. The van der Waals surface area contributed by atoms with Crippen LogP contribution in [0.1, 0.15) is 13.8 Å². The average Bonchev–Trinajstić information content (AvgIpc) is 1.63. The first-order chi connectivity index (χ1) is 4.04. The molecule has 4 nitrogen and oxygen atoms in total. The smallest absolute Gasteiger partial charge is 0.325 e. The number of carbonyl (C=O) groups excluding carboxylic acids is 1. The van der Waals surface area contributed by atoms with Crippen molar-refractivity contribution in [2.45, 2.75) is 19.9 Å². The van der Waals surface area contributed by atoms with E-state index < -0.39 is 12.0 Å². The van der Waals surface area contributed by atoms with Crippen molar-refractivity contribution in [1.29, 1.82) is 0 Å². The number of amides is 1. The van der Waals surface area contributed by atoms with Gasteiger partial charge in [0.1, 0.15) is 6.04 Å². The molecule has 1 atom stereocenters. The Hall–Kier alpha value is -0.330. The first-order valence-corrected chi connectivity index (χ1v) is 2.54. The SMILES string of the molecule is CC(=O)NC(C)C(=O)O.I. The molecule has 2 N–H and O–H groups in total. The number of nitrogens with one attached hydrogen (secondary N) is 1. The topological polar surface area (TPSA) is 66.4 Å². The summed E-state index contributed by atoms with van der Waals surface area (Å²) >= 11 is 0. The lowest BCUT2D eigenvalue weighted by atomic mass is 10.3. The van der Waals surface area contributed by atoms with E-state index in [1.807, 2.05) is 0 Å². The highest BCUT2D eigenvalue weighted by molar-refractivity contribution is 14.0. The van der Waals surface area contributed by atoms with Crippen LogP contribution in [0, 0.1) is 0 Å². The number of hydrogen-bond acceptors (Lipinski definition) is 2. The minimum absolute atomic E-state index is 0. The number of rotatable bonds is 2. The van der Waals surface area contributed by atoms with Crippen LogP contribution < -0.4 is 5.32 Å². The number of halogens is 1. The molecular formula is C5H10INO3. The Balaban J connectivity index is 0. The molecular weight excluding hydrogens is 249 g/mol. The molecule has 5 heteroatoms. The third kappa shape index (κ3) is 5.80. The molecule has 0 aromatic carbocycles. The summed E-state index contributed by atoms with van der Waals surface area (Å²) in [6.45, 7) is 2.68. The summed E-state index contributed by atoms with van der Waals surface area (Å²) in [5, 5.41) is 10.4. The maximum Gasteiger partial charge on any atom is 0.325 e. The van der Waals surface area contributed by atoms with E-state index in [1.54, 1.807) is 0 Å². The predicted molar refractivity (Wildman–Crippen MR) is 46.3 cm³/mol. The van der Waals surface area contributed by atoms with Gasteiger partial charge in [-0.1, -0.05) is 0 Å². The molecule has 0 saturated heterocycles. The second kappa shape index (κ2) is 5.45. The highest BCUT2D eigenvalue weighted by Crippen LogP contribution is 1.78. The standard InChI is InChI=1S/C5H9NO3.HI/c1-3(5(8)9)6-4(2)7;/h3H,1-2H3,(H,6,7)(H,8,9);1H. The van der Waals surface area contributed by atoms with Crippen molar-refractivity contribution in [1.82, 2.24) is 5.32 Å². The maximum absolute atomic E-state index is 10.2. The van der Waals surface area contributed by atoms with Gasteiger partial charge in [-0.25, -0.2) is 0 Å². The van der Waals surface area contributed by atoms with Crippen LogP contribution in [0.15, 0.2) is 0 Å². The van der Waals surface area contributed by atoms with Crippen LogP contribution >= 0.6 is 24.0 Å². The van der Waals surface area contributed by atoms with Gasteiger partial charge in [-0.15, -0.1) is 24.0 Å². The number of hydrogen-bond donors (Lipinski definition) is 2. The van der Waals surface area contributed by atoms with Crippen LogP contribution in [0.5, 0.6) is 0 Å². The number of carboxylic acid groups (broad SMARTS) is 1. The summed E-state index contributed by atoms with van der Waals surface area (Å²) in [6.07, 6.45) is 0. The lowest BCUT2D eigenvalue weighted by molar-refractivity contribution is -0.140. The summed E-state index contributed by atoms with van der Waals surface area (Å²) in [6, 6.07) is -0.789. The third-order valence-corrected chi connectivity index (χ3v) is 0.790. The molecule has 0 aliphatic carbocycles. The molecule has 0 saturated carbocycles. The summed E-state index contributed by atoms with van der Waals surface area (Å²) < 4.78 is 0. The first kappa shape index (κ1) is 12.4. The molecule has 0 aromatic heterocycles. The zero-order valence-corrected chi connectivity index (χ0v) is 8.08. The van der Waals surface area contributed by atoms with E-state index in [4.69, 9.17) is 5.11 Å². The number of carboxylic acids is 1. The predicted octanol–water partition coefficient (Wildman–Crippen LogP) is 0.214. The van der Waals surface area contributed by atoms with Gasteiger partial charge in [0.25, 0.3) is 0 Å². The van der Waals surface area contributed by atoms with Crippen molar-refractivity contribution in [2.75, 3.05) is 0 Å². The lowest BCUT2D eigenvalue weighted by Gasteiger charge is -2.04. The number of carbonyl (C=O) groups is 2. The fourth-order valence-electron chi connectivity index (χ4n) is 0.367. The highest BCUT2D eigenvalue weighted by Gasteiger charge is 2.09. The molecule has 0 aliphatic heterocycles. The average molecular weight is 259 g/mol. The van der Waals surface area contributed by atoms with Gasteiger partial charge in [0.05, 0.1) is 0 Å². The Morgan fingerprint density at radius 2 is 1.90 bits per heavy atom. The van der Waals surface area contributed by atoms with Crippen LogP contribution in [0.2, 0.25) is 0 Å². The van der Waals surface area contributed by atoms with Crippen molar-refractivity contribution in [2.24, 2.45) is 0 Å². The van der Waals surface area contributed by atoms with Gasteiger partial charge >= 0.3 is 5.97 Å². The van der Waals surface area contributed by atoms with Crippen LogP contribution in [0.3, 0.4) is 0 Å². The van der Waals surface area contributed by atoms with Gasteiger partial charge in [0.15, 0.2) is 0 Å². The quantitative estimate of drug-likeness (QED) is 0.697. The highest BCUT2D eigenvalue weighted by atomic mass is 127. The monoisotopic (exact) mass is 259 g/mol. The molecule has 60 valence electrons. The largest absolute Gasteiger partial charge is 0.480 e. The molecule has 0 rings (SSSR count). The number of aliphatic carboxylic acids is 1. The second-order valence-electron chi connectivity index (χ2n) is 1.76. The van der Waals surface area contributed by atoms with Crippen LogP contribution in [-0.2, 0) is 9.59 Å². The van der Waals surface area contributed by atoms with Crippen molar-refractivity contribution >= 4 is 35.9 Å². The molecule has 1 amide bonds. The van der Waals surface area contributed by atoms with Crippen molar-refractivity contribution in [3.05, 3.63) is 0 Å². The van der Waals surface area contributed by atoms with Gasteiger partial charge in [-0.05, 0) is 6.92 Å². The van der Waals surface area contributed by atoms with E-state index >= 15 is 0 Å². The van der Waals surface area contributed by atoms with E-state index in [-0.39, 0.29) is 29.9 Å². The molecule has 10 heavy (non-hydrogen) atoms. The normalized spacial score (nSPS) is 11.0. The van der Waals surface area contributed by atoms with E-state index in [0.29, 0.717) is 0 Å². The zero-order chi connectivity index (χ0) is 7.44. The van der Waals surface area contributed by atoms with Crippen molar-refractivity contribution in [3.8, 4) is 0 Å². The summed E-state index contributed by atoms with van der Waals surface area (Å²) in [4.78, 5) is 20.2. The lowest BCUT2D eigenvalue weighted by Crippen LogP contribution is -2.36. The van der Waals surface area contributed by atoms with Gasteiger partial charge in [-0.2, -0.15) is 0 Å². The fraction of sp³-hybridized carbons (Fsp3) is 0.600. The molecule has 0 spiro atoms. The molecule has 0 heterocycles. The summed E-state index contributed by atoms with van der Waals surface area (Å²) in [7, 11) is 0. The van der Waals surface area contributed by atoms with Gasteiger partial charge in [0.2, 0.25) is 5.91 Å². The van der Waals surface area contributed by atoms with Crippen molar-refractivity contribution in [3.63, 3.8) is 0 Å². The Bertz CT molecular complexity index is 137. The van der Waals surface area contributed by atoms with E-state index in [0.717, 1.165) is 0 Å². The fourth-order valence-corrected chi connectivity index (χ4v) is 0.367. The molecule has 0 aliphatic rings. The summed E-state index contributed by atoms with van der Waals surface area (Å²) in [5.41, 5.74) is 0. The Morgan fingerprint density at radius 3 is 2.00 bits per heavy atom. The van der Waals surface area contributed by atoms with E-state index in [9.17, 15) is 9.59 Å². The minimum Gasteiger partial charge on any atom is -0.480 e. The maximum atomic E-state index is 10.2.